The number of nitrogens with one attached hydrogen (secondary N) is 1. The van der Waals surface area contributed by atoms with Gasteiger partial charge in [-0.2, -0.15) is 5.10 Å². The SMILES string of the molecule is CC(C)c1cccc(C(C)C)c1N[C@H]1CCC[C@@H]1n1ccc(C(C)(C)C)n1. The molecule has 1 aromatic carbocycles. The lowest BCUT2D eigenvalue weighted by Gasteiger charge is -2.28. The summed E-state index contributed by atoms with van der Waals surface area (Å²) in [7, 11) is 0. The van der Waals surface area contributed by atoms with E-state index >= 15 is 0 Å². The third-order valence-corrected chi connectivity index (χ3v) is 5.90. The van der Waals surface area contributed by atoms with Crippen molar-refractivity contribution in [2.24, 2.45) is 0 Å². The van der Waals surface area contributed by atoms with E-state index < -0.39 is 0 Å². The van der Waals surface area contributed by atoms with Crippen molar-refractivity contribution in [3.05, 3.63) is 47.3 Å². The molecule has 1 aromatic heterocycles. The Morgan fingerprint density at radius 3 is 2.15 bits per heavy atom. The number of anilines is 1. The van der Waals surface area contributed by atoms with Crippen LogP contribution in [0.5, 0.6) is 0 Å². The average Bonchev–Trinajstić information content (AvgIpc) is 3.22. The zero-order chi connectivity index (χ0) is 19.8. The zero-order valence-electron chi connectivity index (χ0n) is 18.2. The van der Waals surface area contributed by atoms with Crippen molar-refractivity contribution >= 4 is 5.69 Å². The molecule has 0 unspecified atom stereocenters. The number of rotatable bonds is 5. The van der Waals surface area contributed by atoms with E-state index in [4.69, 9.17) is 5.10 Å². The van der Waals surface area contributed by atoms with Gasteiger partial charge in [-0.3, -0.25) is 4.68 Å². The lowest BCUT2D eigenvalue weighted by atomic mass is 9.92. The molecule has 2 atom stereocenters. The molecule has 1 fully saturated rings. The van der Waals surface area contributed by atoms with E-state index in [1.807, 2.05) is 0 Å². The highest BCUT2D eigenvalue weighted by Gasteiger charge is 2.31. The summed E-state index contributed by atoms with van der Waals surface area (Å²) in [6.45, 7) is 15.9. The van der Waals surface area contributed by atoms with Crippen molar-refractivity contribution < 1.29 is 0 Å². The van der Waals surface area contributed by atoms with Crippen LogP contribution in [0.25, 0.3) is 0 Å². The van der Waals surface area contributed by atoms with Gasteiger partial charge in [0.2, 0.25) is 0 Å². The van der Waals surface area contributed by atoms with Crippen LogP contribution in [0.3, 0.4) is 0 Å². The Morgan fingerprint density at radius 2 is 1.63 bits per heavy atom. The minimum Gasteiger partial charge on any atom is -0.380 e. The molecule has 2 aromatic rings. The van der Waals surface area contributed by atoms with Crippen LogP contribution in [0.15, 0.2) is 30.5 Å². The second-order valence-corrected chi connectivity index (χ2v) is 9.80. The van der Waals surface area contributed by atoms with Gasteiger partial charge in [-0.25, -0.2) is 0 Å². The first-order chi connectivity index (χ1) is 12.7. The Balaban J connectivity index is 1.90. The minimum absolute atomic E-state index is 0.0990. The van der Waals surface area contributed by atoms with Gasteiger partial charge in [-0.15, -0.1) is 0 Å². The summed E-state index contributed by atoms with van der Waals surface area (Å²) in [5.74, 6) is 1.03. The highest BCUT2D eigenvalue weighted by Crippen LogP contribution is 2.38. The monoisotopic (exact) mass is 367 g/mol. The summed E-state index contributed by atoms with van der Waals surface area (Å²) < 4.78 is 2.22. The molecule has 1 saturated carbocycles. The fourth-order valence-corrected chi connectivity index (χ4v) is 4.25. The zero-order valence-corrected chi connectivity index (χ0v) is 18.2. The maximum absolute atomic E-state index is 4.95. The predicted octanol–water partition coefficient (Wildman–Crippen LogP) is 6.63. The molecule has 27 heavy (non-hydrogen) atoms. The summed E-state index contributed by atoms with van der Waals surface area (Å²) in [5, 5.41) is 8.92. The number of benzene rings is 1. The highest BCUT2D eigenvalue weighted by atomic mass is 15.3. The average molecular weight is 368 g/mol. The van der Waals surface area contributed by atoms with E-state index in [1.165, 1.54) is 41.8 Å². The second kappa shape index (κ2) is 7.69. The van der Waals surface area contributed by atoms with E-state index in [0.717, 1.165) is 0 Å². The Kier molecular flexibility index (Phi) is 5.69. The fraction of sp³-hybridized carbons (Fsp3) is 0.625. The van der Waals surface area contributed by atoms with Crippen molar-refractivity contribution in [1.82, 2.24) is 9.78 Å². The first-order valence-electron chi connectivity index (χ1n) is 10.6. The molecule has 1 N–H and O–H groups in total. The van der Waals surface area contributed by atoms with Gasteiger partial charge < -0.3 is 5.32 Å². The summed E-state index contributed by atoms with van der Waals surface area (Å²) in [6.07, 6.45) is 5.85. The maximum atomic E-state index is 4.95. The largest absolute Gasteiger partial charge is 0.380 e. The maximum Gasteiger partial charge on any atom is 0.0720 e. The molecule has 1 aliphatic rings. The molecular formula is C24H37N3. The Labute approximate surface area is 165 Å². The first kappa shape index (κ1) is 20.0. The molecule has 3 heteroatoms. The van der Waals surface area contributed by atoms with Crippen LogP contribution in [-0.4, -0.2) is 15.8 Å². The minimum atomic E-state index is 0.0990. The van der Waals surface area contributed by atoms with Gasteiger partial charge in [0.05, 0.1) is 11.7 Å². The van der Waals surface area contributed by atoms with Crippen LogP contribution < -0.4 is 5.32 Å². The molecule has 0 bridgehead atoms. The molecule has 0 saturated heterocycles. The molecule has 1 aliphatic carbocycles. The second-order valence-electron chi connectivity index (χ2n) is 9.80. The summed E-state index contributed by atoms with van der Waals surface area (Å²) in [4.78, 5) is 0. The number of nitrogens with zero attached hydrogens (tertiary/aromatic N) is 2. The lowest BCUT2D eigenvalue weighted by Crippen LogP contribution is -2.28. The van der Waals surface area contributed by atoms with Crippen LogP contribution in [0, 0.1) is 0 Å². The summed E-state index contributed by atoms with van der Waals surface area (Å²) in [5.41, 5.74) is 5.51. The summed E-state index contributed by atoms with van der Waals surface area (Å²) >= 11 is 0. The van der Waals surface area contributed by atoms with Gasteiger partial charge >= 0.3 is 0 Å². The molecule has 148 valence electrons. The van der Waals surface area contributed by atoms with Crippen LogP contribution in [0.1, 0.15) is 102 Å². The number of hydrogen-bond donors (Lipinski definition) is 1. The van der Waals surface area contributed by atoms with Gasteiger partial charge in [-0.1, -0.05) is 66.7 Å². The lowest BCUT2D eigenvalue weighted by molar-refractivity contribution is 0.424. The normalized spacial score (nSPS) is 20.6. The van der Waals surface area contributed by atoms with Gasteiger partial charge in [0.25, 0.3) is 0 Å². The smallest absolute Gasteiger partial charge is 0.0720 e. The molecule has 0 radical (unpaired) electrons. The van der Waals surface area contributed by atoms with Crippen LogP contribution in [-0.2, 0) is 5.41 Å². The van der Waals surface area contributed by atoms with Crippen molar-refractivity contribution in [2.75, 3.05) is 5.32 Å². The van der Waals surface area contributed by atoms with Crippen molar-refractivity contribution in [3.63, 3.8) is 0 Å². The van der Waals surface area contributed by atoms with Crippen LogP contribution in [0.2, 0.25) is 0 Å². The molecule has 1 heterocycles. The van der Waals surface area contributed by atoms with Gasteiger partial charge in [0, 0.05) is 23.3 Å². The fourth-order valence-electron chi connectivity index (χ4n) is 4.25. The molecular weight excluding hydrogens is 330 g/mol. The Bertz CT molecular complexity index is 738. The number of para-hydroxylation sites is 1. The topological polar surface area (TPSA) is 29.9 Å². The van der Waals surface area contributed by atoms with Crippen LogP contribution in [0.4, 0.5) is 5.69 Å². The number of hydrogen-bond acceptors (Lipinski definition) is 2. The Hall–Kier alpha value is -1.77. The van der Waals surface area contributed by atoms with Crippen molar-refractivity contribution in [2.45, 2.75) is 97.1 Å². The van der Waals surface area contributed by atoms with E-state index in [9.17, 15) is 0 Å². The summed E-state index contributed by atoms with van der Waals surface area (Å²) in [6, 6.07) is 9.85. The predicted molar refractivity (Wildman–Crippen MR) is 116 cm³/mol. The van der Waals surface area contributed by atoms with E-state index in [0.29, 0.717) is 23.9 Å². The molecule has 0 aliphatic heterocycles. The Morgan fingerprint density at radius 1 is 1.00 bits per heavy atom. The highest BCUT2D eigenvalue weighted by molar-refractivity contribution is 5.60. The molecule has 3 nitrogen and oxygen atoms in total. The number of aromatic nitrogens is 2. The van der Waals surface area contributed by atoms with E-state index in [-0.39, 0.29) is 5.41 Å². The van der Waals surface area contributed by atoms with Crippen molar-refractivity contribution in [1.29, 1.82) is 0 Å². The quantitative estimate of drug-likeness (QED) is 0.642. The third-order valence-electron chi connectivity index (χ3n) is 5.90. The molecule has 0 spiro atoms. The molecule has 0 amide bonds. The van der Waals surface area contributed by atoms with Gasteiger partial charge in [0.15, 0.2) is 0 Å². The van der Waals surface area contributed by atoms with E-state index in [2.05, 4.69) is 88.9 Å². The van der Waals surface area contributed by atoms with Crippen molar-refractivity contribution in [3.8, 4) is 0 Å². The van der Waals surface area contributed by atoms with Gasteiger partial charge in [0.1, 0.15) is 0 Å². The van der Waals surface area contributed by atoms with Gasteiger partial charge in [-0.05, 0) is 48.3 Å². The van der Waals surface area contributed by atoms with Crippen LogP contribution >= 0.6 is 0 Å². The third kappa shape index (κ3) is 4.23. The van der Waals surface area contributed by atoms with E-state index in [1.54, 1.807) is 0 Å². The first-order valence-corrected chi connectivity index (χ1v) is 10.6. The standard InChI is InChI=1S/C24H37N3/c1-16(2)18-10-8-11-19(17(3)4)23(18)25-20-12-9-13-21(20)27-15-14-22(26-27)24(5,6)7/h8,10-11,14-17,20-21,25H,9,12-13H2,1-7H3/t20-,21-/m0/s1. The molecule has 3 rings (SSSR count).